The largest absolute Gasteiger partial charge is 0.316 e. The summed E-state index contributed by atoms with van der Waals surface area (Å²) < 4.78 is 1.24. The maximum Gasteiger partial charge on any atom is 0.150 e. The molecule has 1 aromatic rings. The number of hydrogen-bond donors (Lipinski definition) is 1. The van der Waals surface area contributed by atoms with E-state index in [1.54, 1.807) is 11.3 Å². The fourth-order valence-corrected chi connectivity index (χ4v) is 4.87. The lowest BCUT2D eigenvalue weighted by Gasteiger charge is -2.27. The molecule has 0 aromatic carbocycles. The molecular weight excluding hydrogens is 248 g/mol. The molecule has 96 valence electrons. The van der Waals surface area contributed by atoms with Gasteiger partial charge in [0.05, 0.1) is 0 Å². The molecule has 1 N–H and O–H groups in total. The zero-order valence-corrected chi connectivity index (χ0v) is 12.4. The summed E-state index contributed by atoms with van der Waals surface area (Å²) >= 11 is 3.78. The standard InChI is InChI=1S/C13H22N2S2/c1-10-9-16-13(15-10)17-12-8-6-4-3-5-7-11(12)14-2/h9,11-12,14H,3-8H2,1-2H3. The molecule has 0 saturated heterocycles. The Labute approximate surface area is 113 Å². The number of aromatic nitrogens is 1. The van der Waals surface area contributed by atoms with E-state index in [0.29, 0.717) is 11.3 Å². The highest BCUT2D eigenvalue weighted by molar-refractivity contribution is 8.01. The topological polar surface area (TPSA) is 24.9 Å². The zero-order chi connectivity index (χ0) is 12.1. The Morgan fingerprint density at radius 3 is 2.71 bits per heavy atom. The van der Waals surface area contributed by atoms with E-state index in [9.17, 15) is 0 Å². The van der Waals surface area contributed by atoms with Crippen molar-refractivity contribution in [2.24, 2.45) is 0 Å². The average molecular weight is 270 g/mol. The van der Waals surface area contributed by atoms with Gasteiger partial charge in [0.25, 0.3) is 0 Å². The molecule has 2 nitrogen and oxygen atoms in total. The van der Waals surface area contributed by atoms with Crippen molar-refractivity contribution in [1.82, 2.24) is 10.3 Å². The molecule has 1 aliphatic rings. The molecule has 0 spiro atoms. The third-order valence-electron chi connectivity index (χ3n) is 3.42. The van der Waals surface area contributed by atoms with Crippen molar-refractivity contribution in [2.45, 2.75) is 61.1 Å². The van der Waals surface area contributed by atoms with Crippen molar-refractivity contribution in [3.05, 3.63) is 11.1 Å². The van der Waals surface area contributed by atoms with Crippen LogP contribution in [0.1, 0.15) is 44.2 Å². The molecule has 1 saturated carbocycles. The number of thioether (sulfide) groups is 1. The van der Waals surface area contributed by atoms with Crippen molar-refractivity contribution in [1.29, 1.82) is 0 Å². The molecule has 17 heavy (non-hydrogen) atoms. The molecule has 0 radical (unpaired) electrons. The van der Waals surface area contributed by atoms with Gasteiger partial charge >= 0.3 is 0 Å². The van der Waals surface area contributed by atoms with Gasteiger partial charge in [-0.2, -0.15) is 0 Å². The maximum atomic E-state index is 4.58. The fraction of sp³-hybridized carbons (Fsp3) is 0.769. The predicted molar refractivity (Wildman–Crippen MR) is 77.0 cm³/mol. The van der Waals surface area contributed by atoms with E-state index in [0.717, 1.165) is 5.69 Å². The Morgan fingerprint density at radius 1 is 1.29 bits per heavy atom. The second-order valence-corrected chi connectivity index (χ2v) is 7.14. The molecule has 0 aliphatic heterocycles. The summed E-state index contributed by atoms with van der Waals surface area (Å²) in [6, 6.07) is 0.657. The first-order valence-corrected chi connectivity index (χ1v) is 8.31. The van der Waals surface area contributed by atoms with Crippen LogP contribution in [0.5, 0.6) is 0 Å². The highest BCUT2D eigenvalue weighted by Gasteiger charge is 2.23. The SMILES string of the molecule is CNC1CCCCCCC1Sc1nc(C)cs1. The molecule has 1 heterocycles. The highest BCUT2D eigenvalue weighted by Crippen LogP contribution is 2.34. The second-order valence-electron chi connectivity index (χ2n) is 4.80. The third kappa shape index (κ3) is 3.97. The lowest BCUT2D eigenvalue weighted by molar-refractivity contribution is 0.420. The van der Waals surface area contributed by atoms with E-state index in [2.05, 4.69) is 29.7 Å². The van der Waals surface area contributed by atoms with Gasteiger partial charge in [0.1, 0.15) is 4.34 Å². The smallest absolute Gasteiger partial charge is 0.150 e. The molecule has 2 unspecified atom stereocenters. The van der Waals surface area contributed by atoms with Crippen LogP contribution in [0.4, 0.5) is 0 Å². The summed E-state index contributed by atoms with van der Waals surface area (Å²) in [6.07, 6.45) is 8.21. The monoisotopic (exact) mass is 270 g/mol. The van der Waals surface area contributed by atoms with E-state index in [1.165, 1.54) is 42.9 Å². The predicted octanol–water partition coefficient (Wildman–Crippen LogP) is 3.85. The number of hydrogen-bond acceptors (Lipinski definition) is 4. The van der Waals surface area contributed by atoms with E-state index in [-0.39, 0.29) is 0 Å². The van der Waals surface area contributed by atoms with Crippen LogP contribution in [-0.4, -0.2) is 23.3 Å². The van der Waals surface area contributed by atoms with Gasteiger partial charge in [0.2, 0.25) is 0 Å². The van der Waals surface area contributed by atoms with Gasteiger partial charge in [-0.3, -0.25) is 0 Å². The highest BCUT2D eigenvalue weighted by atomic mass is 32.2. The molecule has 1 fully saturated rings. The Hall–Kier alpha value is -0.0600. The summed E-state index contributed by atoms with van der Waals surface area (Å²) in [4.78, 5) is 4.58. The normalized spacial score (nSPS) is 26.5. The van der Waals surface area contributed by atoms with Crippen LogP contribution in [0.25, 0.3) is 0 Å². The Kier molecular flexibility index (Phi) is 5.32. The average Bonchev–Trinajstić information content (AvgIpc) is 2.69. The quantitative estimate of drug-likeness (QED) is 0.903. The third-order valence-corrected chi connectivity index (χ3v) is 5.91. The molecule has 2 rings (SSSR count). The van der Waals surface area contributed by atoms with Crippen LogP contribution >= 0.6 is 23.1 Å². The number of nitrogens with zero attached hydrogens (tertiary/aromatic N) is 1. The van der Waals surface area contributed by atoms with E-state index in [4.69, 9.17) is 0 Å². The Bertz CT molecular complexity index is 338. The summed E-state index contributed by atoms with van der Waals surface area (Å²) in [5, 5.41) is 6.36. The molecule has 1 aliphatic carbocycles. The van der Waals surface area contributed by atoms with Crippen molar-refractivity contribution >= 4 is 23.1 Å². The van der Waals surface area contributed by atoms with Crippen LogP contribution in [0.3, 0.4) is 0 Å². The number of rotatable bonds is 3. The summed E-state index contributed by atoms with van der Waals surface area (Å²) in [5.74, 6) is 0. The van der Waals surface area contributed by atoms with Crippen molar-refractivity contribution in [3.8, 4) is 0 Å². The zero-order valence-electron chi connectivity index (χ0n) is 10.7. The summed E-state index contributed by atoms with van der Waals surface area (Å²) in [5.41, 5.74) is 1.16. The minimum atomic E-state index is 0.657. The summed E-state index contributed by atoms with van der Waals surface area (Å²) in [7, 11) is 2.10. The maximum absolute atomic E-state index is 4.58. The first-order valence-electron chi connectivity index (χ1n) is 6.55. The van der Waals surface area contributed by atoms with Crippen molar-refractivity contribution in [2.75, 3.05) is 7.05 Å². The second kappa shape index (κ2) is 6.76. The lowest BCUT2D eigenvalue weighted by Crippen LogP contribution is -2.36. The summed E-state index contributed by atoms with van der Waals surface area (Å²) in [6.45, 7) is 2.08. The molecule has 2 atom stereocenters. The first-order chi connectivity index (χ1) is 8.29. The van der Waals surface area contributed by atoms with Crippen molar-refractivity contribution in [3.63, 3.8) is 0 Å². The molecule has 4 heteroatoms. The van der Waals surface area contributed by atoms with Gasteiger partial charge in [-0.25, -0.2) is 4.98 Å². The van der Waals surface area contributed by atoms with Gasteiger partial charge in [0.15, 0.2) is 0 Å². The first kappa shape index (κ1) is 13.4. The molecule has 1 aromatic heterocycles. The van der Waals surface area contributed by atoms with Crippen molar-refractivity contribution < 1.29 is 0 Å². The number of nitrogens with one attached hydrogen (secondary N) is 1. The minimum absolute atomic E-state index is 0.657. The van der Waals surface area contributed by atoms with E-state index < -0.39 is 0 Å². The molecule has 0 bridgehead atoms. The van der Waals surface area contributed by atoms with Gasteiger partial charge in [0, 0.05) is 22.4 Å². The van der Waals surface area contributed by atoms with E-state index in [1.807, 2.05) is 11.8 Å². The fourth-order valence-electron chi connectivity index (χ4n) is 2.44. The Balaban J connectivity index is 1.98. The van der Waals surface area contributed by atoms with Gasteiger partial charge in [-0.05, 0) is 26.8 Å². The van der Waals surface area contributed by atoms with Gasteiger partial charge in [-0.15, -0.1) is 11.3 Å². The lowest BCUT2D eigenvalue weighted by atomic mass is 9.96. The minimum Gasteiger partial charge on any atom is -0.316 e. The van der Waals surface area contributed by atoms with Gasteiger partial charge < -0.3 is 5.32 Å². The van der Waals surface area contributed by atoms with Crippen LogP contribution in [-0.2, 0) is 0 Å². The van der Waals surface area contributed by atoms with Crippen LogP contribution in [0, 0.1) is 6.92 Å². The van der Waals surface area contributed by atoms with Crippen LogP contribution < -0.4 is 5.32 Å². The number of aryl methyl sites for hydroxylation is 1. The van der Waals surface area contributed by atoms with Crippen LogP contribution in [0.15, 0.2) is 9.72 Å². The van der Waals surface area contributed by atoms with E-state index >= 15 is 0 Å². The van der Waals surface area contributed by atoms with Crippen LogP contribution in [0.2, 0.25) is 0 Å². The number of thiazole rings is 1. The molecular formula is C13H22N2S2. The van der Waals surface area contributed by atoms with Gasteiger partial charge in [-0.1, -0.05) is 37.4 Å². The molecule has 0 amide bonds. The Morgan fingerprint density at radius 2 is 2.06 bits per heavy atom.